The molecular formula is C20H23N3O2S2. The van der Waals surface area contributed by atoms with Crippen LogP contribution in [0.25, 0.3) is 10.2 Å². The molecule has 7 heteroatoms. The smallest absolute Gasteiger partial charge is 0.263 e. The van der Waals surface area contributed by atoms with Gasteiger partial charge in [0.05, 0.1) is 11.1 Å². The molecule has 0 unspecified atom stereocenters. The van der Waals surface area contributed by atoms with Crippen molar-refractivity contribution in [3.63, 3.8) is 0 Å². The van der Waals surface area contributed by atoms with Gasteiger partial charge in [0.15, 0.2) is 10.9 Å². The number of thioether (sulfide) groups is 1. The van der Waals surface area contributed by atoms with E-state index in [9.17, 15) is 9.59 Å². The molecule has 27 heavy (non-hydrogen) atoms. The Labute approximate surface area is 166 Å². The van der Waals surface area contributed by atoms with Crippen LogP contribution in [0, 0.1) is 27.7 Å². The summed E-state index contributed by atoms with van der Waals surface area (Å²) >= 11 is 2.83. The molecule has 5 nitrogen and oxygen atoms in total. The highest BCUT2D eigenvalue weighted by Crippen LogP contribution is 2.29. The van der Waals surface area contributed by atoms with Crippen molar-refractivity contribution in [2.75, 3.05) is 5.75 Å². The molecule has 3 heterocycles. The number of aromatic nitrogens is 3. The Hall–Kier alpha value is -2.12. The number of hydrogen-bond acceptors (Lipinski definition) is 5. The summed E-state index contributed by atoms with van der Waals surface area (Å²) in [5.74, 6) is 0.280. The van der Waals surface area contributed by atoms with Crippen molar-refractivity contribution >= 4 is 39.1 Å². The lowest BCUT2D eigenvalue weighted by Crippen LogP contribution is -2.23. The summed E-state index contributed by atoms with van der Waals surface area (Å²) in [4.78, 5) is 32.2. The lowest BCUT2D eigenvalue weighted by molar-refractivity contribution is 0.102. The number of carbonyl (C=O) groups is 1. The Morgan fingerprint density at radius 3 is 2.63 bits per heavy atom. The average molecular weight is 402 g/mol. The van der Waals surface area contributed by atoms with E-state index in [0.29, 0.717) is 17.1 Å². The Morgan fingerprint density at radius 2 is 2.04 bits per heavy atom. The van der Waals surface area contributed by atoms with Crippen LogP contribution in [0.2, 0.25) is 0 Å². The summed E-state index contributed by atoms with van der Waals surface area (Å²) in [6, 6.07) is 1.91. The minimum absolute atomic E-state index is 0.0410. The normalized spacial score (nSPS) is 11.3. The van der Waals surface area contributed by atoms with Crippen molar-refractivity contribution in [1.29, 1.82) is 0 Å². The largest absolute Gasteiger partial charge is 0.351 e. The number of allylic oxidation sites excluding steroid dienone is 1. The molecule has 0 saturated heterocycles. The van der Waals surface area contributed by atoms with Crippen molar-refractivity contribution in [3.8, 4) is 0 Å². The first kappa shape index (κ1) is 19.6. The maximum Gasteiger partial charge on any atom is 0.263 e. The molecule has 0 aliphatic rings. The number of fused-ring (bicyclic) bond motifs is 1. The molecule has 0 amide bonds. The molecule has 0 aliphatic carbocycles. The van der Waals surface area contributed by atoms with Crippen LogP contribution in [-0.2, 0) is 13.6 Å². The molecule has 0 atom stereocenters. The van der Waals surface area contributed by atoms with E-state index in [1.165, 1.54) is 23.1 Å². The van der Waals surface area contributed by atoms with Crippen LogP contribution in [-0.4, -0.2) is 25.7 Å². The molecular weight excluding hydrogens is 378 g/mol. The van der Waals surface area contributed by atoms with Crippen LogP contribution >= 0.6 is 23.1 Å². The van der Waals surface area contributed by atoms with E-state index < -0.39 is 0 Å². The minimum Gasteiger partial charge on any atom is -0.351 e. The standard InChI is InChI=1S/C20H23N3O2S2/c1-7-8-23-19(25)17-12(3)14(5)27-18(17)21-20(23)26-10-16(24)15-9-11(2)22(6)13(15)4/h7,9H,1,8,10H2,2-6H3. The van der Waals surface area contributed by atoms with Gasteiger partial charge in [0.2, 0.25) is 0 Å². The van der Waals surface area contributed by atoms with Crippen LogP contribution in [0.3, 0.4) is 0 Å². The lowest BCUT2D eigenvalue weighted by atomic mass is 10.2. The maximum atomic E-state index is 13.0. The van der Waals surface area contributed by atoms with Gasteiger partial charge in [-0.3, -0.25) is 14.2 Å². The number of Topliss-reactive ketones (excluding diaryl/α,β-unsaturated/α-hetero) is 1. The first-order valence-electron chi connectivity index (χ1n) is 8.66. The molecule has 0 saturated carbocycles. The predicted octanol–water partition coefficient (Wildman–Crippen LogP) is 4.19. The van der Waals surface area contributed by atoms with Gasteiger partial charge in [0.1, 0.15) is 4.83 Å². The molecule has 0 radical (unpaired) electrons. The molecule has 0 aliphatic heterocycles. The zero-order chi connectivity index (χ0) is 19.9. The van der Waals surface area contributed by atoms with Gasteiger partial charge < -0.3 is 4.57 Å². The average Bonchev–Trinajstić information content (AvgIpc) is 3.06. The third-order valence-corrected chi connectivity index (χ3v) is 7.05. The monoisotopic (exact) mass is 401 g/mol. The number of nitrogens with zero attached hydrogens (tertiary/aromatic N) is 3. The van der Waals surface area contributed by atoms with Crippen molar-refractivity contribution in [2.45, 2.75) is 39.4 Å². The fourth-order valence-corrected chi connectivity index (χ4v) is 5.02. The van der Waals surface area contributed by atoms with E-state index in [1.54, 1.807) is 10.6 Å². The third kappa shape index (κ3) is 3.41. The molecule has 3 aromatic heterocycles. The zero-order valence-electron chi connectivity index (χ0n) is 16.3. The van der Waals surface area contributed by atoms with Gasteiger partial charge in [0, 0.05) is 35.4 Å². The van der Waals surface area contributed by atoms with Gasteiger partial charge in [-0.15, -0.1) is 17.9 Å². The minimum atomic E-state index is -0.0663. The highest BCUT2D eigenvalue weighted by atomic mass is 32.2. The maximum absolute atomic E-state index is 13.0. The molecule has 3 rings (SSSR count). The van der Waals surface area contributed by atoms with E-state index in [-0.39, 0.29) is 17.1 Å². The van der Waals surface area contributed by atoms with Crippen molar-refractivity contribution in [2.24, 2.45) is 7.05 Å². The summed E-state index contributed by atoms with van der Waals surface area (Å²) in [7, 11) is 1.95. The first-order chi connectivity index (χ1) is 12.8. The quantitative estimate of drug-likeness (QED) is 0.269. The summed E-state index contributed by atoms with van der Waals surface area (Å²) in [6.45, 7) is 12.0. The van der Waals surface area contributed by atoms with E-state index in [0.717, 1.165) is 32.2 Å². The Bertz CT molecular complexity index is 1120. The van der Waals surface area contributed by atoms with Crippen molar-refractivity contribution in [3.05, 3.63) is 56.5 Å². The van der Waals surface area contributed by atoms with Gasteiger partial charge in [-0.2, -0.15) is 0 Å². The van der Waals surface area contributed by atoms with E-state index in [1.807, 2.05) is 45.4 Å². The van der Waals surface area contributed by atoms with E-state index in [4.69, 9.17) is 0 Å². The number of thiophene rings is 1. The van der Waals surface area contributed by atoms with Crippen LogP contribution in [0.1, 0.15) is 32.2 Å². The molecule has 0 N–H and O–H groups in total. The SMILES string of the molecule is C=CCn1c(SCC(=O)c2cc(C)n(C)c2C)nc2sc(C)c(C)c2c1=O. The van der Waals surface area contributed by atoms with Crippen LogP contribution in [0.5, 0.6) is 0 Å². The summed E-state index contributed by atoms with van der Waals surface area (Å²) in [5.41, 5.74) is 3.64. The highest BCUT2D eigenvalue weighted by Gasteiger charge is 2.19. The highest BCUT2D eigenvalue weighted by molar-refractivity contribution is 7.99. The molecule has 0 aromatic carbocycles. The number of aryl methyl sites for hydroxylation is 3. The van der Waals surface area contributed by atoms with E-state index in [2.05, 4.69) is 11.6 Å². The molecule has 0 bridgehead atoms. The van der Waals surface area contributed by atoms with Crippen LogP contribution < -0.4 is 5.56 Å². The predicted molar refractivity (Wildman–Crippen MR) is 113 cm³/mol. The van der Waals surface area contributed by atoms with Crippen LogP contribution in [0.15, 0.2) is 28.7 Å². The van der Waals surface area contributed by atoms with Gasteiger partial charge in [-0.25, -0.2) is 4.98 Å². The second kappa shape index (κ2) is 7.48. The zero-order valence-corrected chi connectivity index (χ0v) is 17.9. The fraction of sp³-hybridized carbons (Fsp3) is 0.350. The van der Waals surface area contributed by atoms with E-state index >= 15 is 0 Å². The summed E-state index contributed by atoms with van der Waals surface area (Å²) in [5, 5.41) is 1.23. The van der Waals surface area contributed by atoms with Gasteiger partial charge in [0.25, 0.3) is 5.56 Å². The number of ketones is 1. The van der Waals surface area contributed by atoms with Gasteiger partial charge >= 0.3 is 0 Å². The topological polar surface area (TPSA) is 56.9 Å². The molecule has 142 valence electrons. The molecule has 0 spiro atoms. The third-order valence-electron chi connectivity index (χ3n) is 4.97. The Morgan fingerprint density at radius 1 is 1.33 bits per heavy atom. The molecule has 0 fully saturated rings. The molecule has 3 aromatic rings. The number of rotatable bonds is 6. The second-order valence-electron chi connectivity index (χ2n) is 6.62. The Kier molecular flexibility index (Phi) is 5.44. The van der Waals surface area contributed by atoms with Gasteiger partial charge in [-0.05, 0) is 39.3 Å². The second-order valence-corrected chi connectivity index (χ2v) is 8.76. The van der Waals surface area contributed by atoms with Crippen LogP contribution in [0.4, 0.5) is 0 Å². The lowest BCUT2D eigenvalue weighted by Gasteiger charge is -2.10. The fourth-order valence-electron chi connectivity index (χ4n) is 3.05. The summed E-state index contributed by atoms with van der Waals surface area (Å²) in [6.07, 6.45) is 1.68. The summed E-state index contributed by atoms with van der Waals surface area (Å²) < 4.78 is 3.61. The first-order valence-corrected chi connectivity index (χ1v) is 10.5. The number of hydrogen-bond donors (Lipinski definition) is 0. The number of carbonyl (C=O) groups excluding carboxylic acids is 1. The van der Waals surface area contributed by atoms with Gasteiger partial charge in [-0.1, -0.05) is 17.8 Å². The van der Waals surface area contributed by atoms with Crippen molar-refractivity contribution < 1.29 is 4.79 Å². The van der Waals surface area contributed by atoms with Crippen molar-refractivity contribution in [1.82, 2.24) is 14.1 Å². The Balaban J connectivity index is 1.97.